The summed E-state index contributed by atoms with van der Waals surface area (Å²) in [5, 5.41) is 0. The van der Waals surface area contributed by atoms with E-state index >= 15 is 0 Å². The summed E-state index contributed by atoms with van der Waals surface area (Å²) in [5.41, 5.74) is 8.01. The average Bonchev–Trinajstić information content (AvgIpc) is 2.89. The molecule has 0 amide bonds. The van der Waals surface area contributed by atoms with Gasteiger partial charge in [-0.15, -0.1) is 0 Å². The molecule has 0 aromatic heterocycles. The first-order valence-corrected chi connectivity index (χ1v) is 13.6. The zero-order valence-corrected chi connectivity index (χ0v) is 20.9. The van der Waals surface area contributed by atoms with Crippen LogP contribution >= 0.6 is 0 Å². The van der Waals surface area contributed by atoms with E-state index in [2.05, 4.69) is 79.7 Å². The van der Waals surface area contributed by atoms with E-state index in [1.165, 1.54) is 84.7 Å². The molecule has 3 aromatic rings. The van der Waals surface area contributed by atoms with E-state index in [1.807, 2.05) is 0 Å². The van der Waals surface area contributed by atoms with Crippen LogP contribution in [0.3, 0.4) is 0 Å². The van der Waals surface area contributed by atoms with E-state index in [0.29, 0.717) is 0 Å². The minimum atomic E-state index is -0.146. The predicted octanol–water partition coefficient (Wildman–Crippen LogP) is 9.85. The lowest BCUT2D eigenvalue weighted by Crippen LogP contribution is -2.15. The van der Waals surface area contributed by atoms with Gasteiger partial charge in [-0.1, -0.05) is 125 Å². The van der Waals surface area contributed by atoms with Crippen molar-refractivity contribution in [2.24, 2.45) is 11.8 Å². The van der Waals surface area contributed by atoms with E-state index in [-0.39, 0.29) is 6.67 Å². The molecule has 0 heterocycles. The number of hydrogen-bond acceptors (Lipinski definition) is 0. The summed E-state index contributed by atoms with van der Waals surface area (Å²) in [6.07, 6.45) is 13.4. The first-order valence-electron chi connectivity index (χ1n) is 13.6. The molecule has 1 aliphatic rings. The number of aryl methyl sites for hydroxylation is 2. The SMILES string of the molecule is CCCc1ccc(-c2ccc(-c3ccc(CC[C@H]4CC[C@H](CCCCF)CC4)cc3)cc2)cc1. The first-order chi connectivity index (χ1) is 16.7. The number of hydrogen-bond donors (Lipinski definition) is 0. The van der Waals surface area contributed by atoms with Crippen LogP contribution in [0.4, 0.5) is 4.39 Å². The number of unbranched alkanes of at least 4 members (excludes halogenated alkanes) is 1. The summed E-state index contributed by atoms with van der Waals surface area (Å²) >= 11 is 0. The molecule has 34 heavy (non-hydrogen) atoms. The molecule has 0 bridgehead atoms. The van der Waals surface area contributed by atoms with Crippen LogP contribution in [-0.2, 0) is 12.8 Å². The highest BCUT2D eigenvalue weighted by Crippen LogP contribution is 2.34. The fourth-order valence-corrected chi connectivity index (χ4v) is 5.58. The molecule has 1 saturated carbocycles. The second-order valence-corrected chi connectivity index (χ2v) is 10.3. The number of benzene rings is 3. The Balaban J connectivity index is 1.26. The topological polar surface area (TPSA) is 0 Å². The van der Waals surface area contributed by atoms with Crippen LogP contribution in [0.25, 0.3) is 22.3 Å². The average molecular weight is 457 g/mol. The lowest BCUT2D eigenvalue weighted by Gasteiger charge is -2.28. The second-order valence-electron chi connectivity index (χ2n) is 10.3. The van der Waals surface area contributed by atoms with Gasteiger partial charge in [-0.05, 0) is 70.9 Å². The van der Waals surface area contributed by atoms with Crippen molar-refractivity contribution in [1.82, 2.24) is 0 Å². The van der Waals surface area contributed by atoms with Gasteiger partial charge in [0.2, 0.25) is 0 Å². The Labute approximate surface area is 206 Å². The normalized spacial score (nSPS) is 18.2. The highest BCUT2D eigenvalue weighted by atomic mass is 19.1. The molecule has 0 unspecified atom stereocenters. The van der Waals surface area contributed by atoms with Gasteiger partial charge in [0.1, 0.15) is 0 Å². The van der Waals surface area contributed by atoms with Gasteiger partial charge in [-0.25, -0.2) is 0 Å². The zero-order chi connectivity index (χ0) is 23.6. The van der Waals surface area contributed by atoms with Gasteiger partial charge in [0.05, 0.1) is 6.67 Å². The maximum atomic E-state index is 12.3. The molecular weight excluding hydrogens is 415 g/mol. The minimum Gasteiger partial charge on any atom is -0.251 e. The van der Waals surface area contributed by atoms with Gasteiger partial charge >= 0.3 is 0 Å². The summed E-state index contributed by atoms with van der Waals surface area (Å²) in [6.45, 7) is 2.08. The zero-order valence-electron chi connectivity index (χ0n) is 20.9. The molecule has 0 N–H and O–H groups in total. The van der Waals surface area contributed by atoms with Crippen LogP contribution in [0.15, 0.2) is 72.8 Å². The van der Waals surface area contributed by atoms with Crippen LogP contribution in [0.2, 0.25) is 0 Å². The Hall–Kier alpha value is -2.41. The standard InChI is InChI=1S/C33H41F/c1-2-5-26-13-17-30(18-14-26)32-21-23-33(24-22-32)31-19-15-29(16-20-31)12-11-28-9-7-27(8-10-28)6-3-4-25-34/h13-24,27-28H,2-12,25H2,1H3/t27-,28-. The van der Waals surface area contributed by atoms with Gasteiger partial charge in [-0.3, -0.25) is 4.39 Å². The summed E-state index contributed by atoms with van der Waals surface area (Å²) in [7, 11) is 0. The van der Waals surface area contributed by atoms with Crippen molar-refractivity contribution in [2.45, 2.75) is 77.6 Å². The number of halogens is 1. The van der Waals surface area contributed by atoms with Crippen molar-refractivity contribution in [3.8, 4) is 22.3 Å². The van der Waals surface area contributed by atoms with Crippen LogP contribution < -0.4 is 0 Å². The molecule has 1 fully saturated rings. The van der Waals surface area contributed by atoms with Gasteiger partial charge in [0.25, 0.3) is 0 Å². The molecular formula is C33H41F. The van der Waals surface area contributed by atoms with Crippen molar-refractivity contribution in [3.05, 3.63) is 83.9 Å². The molecule has 0 radical (unpaired) electrons. The van der Waals surface area contributed by atoms with Gasteiger partial charge in [0, 0.05) is 0 Å². The lowest BCUT2D eigenvalue weighted by molar-refractivity contribution is 0.247. The third-order valence-electron chi connectivity index (χ3n) is 7.80. The predicted molar refractivity (Wildman–Crippen MR) is 145 cm³/mol. The molecule has 180 valence electrons. The molecule has 0 atom stereocenters. The summed E-state index contributed by atoms with van der Waals surface area (Å²) in [5.74, 6) is 1.73. The molecule has 0 aliphatic heterocycles. The van der Waals surface area contributed by atoms with Crippen molar-refractivity contribution < 1.29 is 4.39 Å². The van der Waals surface area contributed by atoms with Gasteiger partial charge in [0.15, 0.2) is 0 Å². The van der Waals surface area contributed by atoms with E-state index in [4.69, 9.17) is 0 Å². The molecule has 0 nitrogen and oxygen atoms in total. The summed E-state index contributed by atoms with van der Waals surface area (Å²) < 4.78 is 12.3. The first kappa shape index (κ1) is 24.7. The molecule has 1 aliphatic carbocycles. The summed E-state index contributed by atoms with van der Waals surface area (Å²) in [6, 6.07) is 27.2. The van der Waals surface area contributed by atoms with Crippen LogP contribution in [0.1, 0.15) is 75.8 Å². The van der Waals surface area contributed by atoms with Gasteiger partial charge < -0.3 is 0 Å². The van der Waals surface area contributed by atoms with Crippen LogP contribution in [0, 0.1) is 11.8 Å². The van der Waals surface area contributed by atoms with E-state index in [9.17, 15) is 4.39 Å². The molecule has 0 spiro atoms. The molecule has 3 aromatic carbocycles. The van der Waals surface area contributed by atoms with Crippen LogP contribution in [-0.4, -0.2) is 6.67 Å². The third kappa shape index (κ3) is 7.05. The smallest absolute Gasteiger partial charge is 0.0894 e. The summed E-state index contributed by atoms with van der Waals surface area (Å²) in [4.78, 5) is 0. The highest BCUT2D eigenvalue weighted by Gasteiger charge is 2.20. The fraction of sp³-hybridized carbons (Fsp3) is 0.455. The molecule has 1 heteroatoms. The number of alkyl halides is 1. The monoisotopic (exact) mass is 456 g/mol. The Kier molecular flexibility index (Phi) is 9.36. The number of rotatable bonds is 11. The Morgan fingerprint density at radius 2 is 0.971 bits per heavy atom. The Morgan fingerprint density at radius 1 is 0.559 bits per heavy atom. The molecule has 0 saturated heterocycles. The van der Waals surface area contributed by atoms with Gasteiger partial charge in [-0.2, -0.15) is 0 Å². The quantitative estimate of drug-likeness (QED) is 0.252. The van der Waals surface area contributed by atoms with E-state index in [1.54, 1.807) is 0 Å². The Bertz CT molecular complexity index is 961. The highest BCUT2D eigenvalue weighted by molar-refractivity contribution is 5.70. The lowest BCUT2D eigenvalue weighted by atomic mass is 9.78. The van der Waals surface area contributed by atoms with Crippen molar-refractivity contribution >= 4 is 0 Å². The van der Waals surface area contributed by atoms with E-state index < -0.39 is 0 Å². The van der Waals surface area contributed by atoms with Crippen molar-refractivity contribution in [2.75, 3.05) is 6.67 Å². The molecule has 4 rings (SSSR count). The fourth-order valence-electron chi connectivity index (χ4n) is 5.58. The maximum absolute atomic E-state index is 12.3. The van der Waals surface area contributed by atoms with Crippen molar-refractivity contribution in [3.63, 3.8) is 0 Å². The minimum absolute atomic E-state index is 0.146. The largest absolute Gasteiger partial charge is 0.251 e. The van der Waals surface area contributed by atoms with E-state index in [0.717, 1.165) is 31.1 Å². The third-order valence-corrected chi connectivity index (χ3v) is 7.80. The maximum Gasteiger partial charge on any atom is 0.0894 e. The Morgan fingerprint density at radius 3 is 1.41 bits per heavy atom. The second kappa shape index (κ2) is 12.9. The van der Waals surface area contributed by atoms with Crippen LogP contribution in [0.5, 0.6) is 0 Å². The van der Waals surface area contributed by atoms with Crippen molar-refractivity contribution in [1.29, 1.82) is 0 Å².